The number of rotatable bonds is 0. The third kappa shape index (κ3) is 1.05. The Bertz CT molecular complexity index is 428. The van der Waals surface area contributed by atoms with Crippen LogP contribution in [0.1, 0.15) is 12.8 Å². The van der Waals surface area contributed by atoms with E-state index < -0.39 is 0 Å². The van der Waals surface area contributed by atoms with E-state index in [1.807, 2.05) is 6.07 Å². The van der Waals surface area contributed by atoms with E-state index >= 15 is 0 Å². The molecule has 0 saturated heterocycles. The summed E-state index contributed by atoms with van der Waals surface area (Å²) in [5.41, 5.74) is 0.398. The van der Waals surface area contributed by atoms with E-state index in [-0.39, 0.29) is 11.4 Å². The summed E-state index contributed by atoms with van der Waals surface area (Å²) >= 11 is 3.31. The lowest BCUT2D eigenvalue weighted by atomic mass is 10.2. The Hall–Kier alpha value is -1.10. The van der Waals surface area contributed by atoms with Gasteiger partial charge in [0.15, 0.2) is 5.82 Å². The second-order valence-corrected chi connectivity index (χ2v) is 4.63. The van der Waals surface area contributed by atoms with Gasteiger partial charge in [0.25, 0.3) is 0 Å². The van der Waals surface area contributed by atoms with Crippen molar-refractivity contribution in [2.45, 2.75) is 18.4 Å². The Morgan fingerprint density at radius 3 is 3.00 bits per heavy atom. The summed E-state index contributed by atoms with van der Waals surface area (Å²) in [4.78, 5) is 15.9. The van der Waals surface area contributed by atoms with Gasteiger partial charge in [-0.3, -0.25) is 4.79 Å². The van der Waals surface area contributed by atoms with E-state index in [4.69, 9.17) is 0 Å². The molecule has 4 nitrogen and oxygen atoms in total. The van der Waals surface area contributed by atoms with Crippen LogP contribution in [0.25, 0.3) is 0 Å². The lowest BCUT2D eigenvalue weighted by Gasteiger charge is -2.25. The molecule has 5 heteroatoms. The predicted molar refractivity (Wildman–Crippen MR) is 56.2 cm³/mol. The molecule has 1 fully saturated rings. The van der Waals surface area contributed by atoms with Gasteiger partial charge < -0.3 is 10.6 Å². The van der Waals surface area contributed by atoms with E-state index in [0.717, 1.165) is 28.8 Å². The molecule has 0 atom stereocenters. The van der Waals surface area contributed by atoms with Gasteiger partial charge in [-0.1, -0.05) is 0 Å². The molecule has 1 aliphatic carbocycles. The third-order valence-electron chi connectivity index (χ3n) is 2.64. The van der Waals surface area contributed by atoms with Crippen molar-refractivity contribution in [3.63, 3.8) is 0 Å². The van der Waals surface area contributed by atoms with Crippen LogP contribution in [0.15, 0.2) is 16.7 Å². The number of hydrogen-bond donors (Lipinski definition) is 2. The van der Waals surface area contributed by atoms with E-state index in [0.29, 0.717) is 0 Å². The predicted octanol–water partition coefficient (Wildman–Crippen LogP) is 1.74. The highest BCUT2D eigenvalue weighted by Gasteiger charge is 2.52. The fraction of sp³-hybridized carbons (Fsp3) is 0.333. The van der Waals surface area contributed by atoms with Crippen molar-refractivity contribution < 1.29 is 4.79 Å². The number of hydrogen-bond acceptors (Lipinski definition) is 3. The molecule has 0 unspecified atom stereocenters. The first-order valence-corrected chi connectivity index (χ1v) is 5.24. The number of pyridine rings is 1. The van der Waals surface area contributed by atoms with Crippen molar-refractivity contribution in [1.29, 1.82) is 0 Å². The molecule has 0 radical (unpaired) electrons. The fourth-order valence-electron chi connectivity index (χ4n) is 1.64. The largest absolute Gasteiger partial charge is 0.354 e. The van der Waals surface area contributed by atoms with Gasteiger partial charge in [0, 0.05) is 10.7 Å². The Morgan fingerprint density at radius 2 is 2.29 bits per heavy atom. The van der Waals surface area contributed by atoms with Gasteiger partial charge in [-0.05, 0) is 34.8 Å². The molecule has 2 N–H and O–H groups in total. The minimum atomic E-state index is -0.353. The van der Waals surface area contributed by atoms with Crippen molar-refractivity contribution in [2.75, 3.05) is 10.6 Å². The highest BCUT2D eigenvalue weighted by molar-refractivity contribution is 9.10. The molecule has 2 aliphatic rings. The van der Waals surface area contributed by atoms with E-state index in [1.54, 1.807) is 6.20 Å². The first-order valence-electron chi connectivity index (χ1n) is 4.45. The first-order chi connectivity index (χ1) is 6.70. The van der Waals surface area contributed by atoms with Crippen LogP contribution in [-0.4, -0.2) is 16.4 Å². The molecular weight excluding hydrogens is 246 g/mol. The maximum atomic E-state index is 11.6. The van der Waals surface area contributed by atoms with Gasteiger partial charge >= 0.3 is 0 Å². The number of nitrogens with zero attached hydrogens (tertiary/aromatic N) is 1. The Balaban J connectivity index is 2.06. The maximum absolute atomic E-state index is 11.6. The molecule has 2 heterocycles. The molecule has 3 rings (SSSR count). The molecule has 14 heavy (non-hydrogen) atoms. The monoisotopic (exact) mass is 253 g/mol. The lowest BCUT2D eigenvalue weighted by molar-refractivity contribution is -0.117. The van der Waals surface area contributed by atoms with E-state index in [1.165, 1.54) is 0 Å². The number of anilines is 2. The summed E-state index contributed by atoms with van der Waals surface area (Å²) in [7, 11) is 0. The van der Waals surface area contributed by atoms with Gasteiger partial charge in [0.05, 0.1) is 5.69 Å². The average Bonchev–Trinajstić information content (AvgIpc) is 2.89. The van der Waals surface area contributed by atoms with Crippen LogP contribution in [0.4, 0.5) is 11.5 Å². The molecule has 1 amide bonds. The van der Waals surface area contributed by atoms with Crippen molar-refractivity contribution in [1.82, 2.24) is 4.98 Å². The van der Waals surface area contributed by atoms with Crippen LogP contribution in [0.3, 0.4) is 0 Å². The summed E-state index contributed by atoms with van der Waals surface area (Å²) in [6, 6.07) is 1.85. The van der Waals surface area contributed by atoms with Crippen molar-refractivity contribution in [2.24, 2.45) is 0 Å². The number of aromatic nitrogens is 1. The summed E-state index contributed by atoms with van der Waals surface area (Å²) in [6.07, 6.45) is 3.52. The van der Waals surface area contributed by atoms with Crippen LogP contribution in [-0.2, 0) is 4.79 Å². The quantitative estimate of drug-likeness (QED) is 0.741. The second kappa shape index (κ2) is 2.48. The Kier molecular flexibility index (Phi) is 1.45. The summed E-state index contributed by atoms with van der Waals surface area (Å²) in [5, 5.41) is 6.04. The van der Waals surface area contributed by atoms with Crippen LogP contribution in [0.2, 0.25) is 0 Å². The zero-order chi connectivity index (χ0) is 9.76. The van der Waals surface area contributed by atoms with Crippen LogP contribution >= 0.6 is 15.9 Å². The number of carbonyl (C=O) groups is 1. The number of nitrogens with one attached hydrogen (secondary N) is 2. The van der Waals surface area contributed by atoms with Crippen LogP contribution in [0, 0.1) is 0 Å². The third-order valence-corrected chi connectivity index (χ3v) is 3.08. The molecule has 1 spiro atoms. The molecule has 0 bridgehead atoms. The van der Waals surface area contributed by atoms with Gasteiger partial charge in [0.1, 0.15) is 5.54 Å². The number of halogens is 1. The molecule has 1 aromatic heterocycles. The van der Waals surface area contributed by atoms with Crippen molar-refractivity contribution >= 4 is 33.3 Å². The number of carbonyl (C=O) groups excluding carboxylic acids is 1. The summed E-state index contributed by atoms with van der Waals surface area (Å²) in [6.45, 7) is 0. The smallest absolute Gasteiger partial charge is 0.250 e. The summed E-state index contributed by atoms with van der Waals surface area (Å²) < 4.78 is 0.866. The molecule has 0 aromatic carbocycles. The minimum absolute atomic E-state index is 0.0601. The minimum Gasteiger partial charge on any atom is -0.354 e. The first kappa shape index (κ1) is 8.23. The van der Waals surface area contributed by atoms with Gasteiger partial charge in [-0.15, -0.1) is 0 Å². The SMILES string of the molecule is O=C1Nc2cc(Br)cnc2NC12CC2. The number of fused-ring (bicyclic) bond motifs is 1. The molecule has 1 saturated carbocycles. The molecule has 72 valence electrons. The average molecular weight is 254 g/mol. The maximum Gasteiger partial charge on any atom is 0.250 e. The normalized spacial score (nSPS) is 21.1. The van der Waals surface area contributed by atoms with Crippen LogP contribution < -0.4 is 10.6 Å². The standard InChI is InChI=1S/C9H8BrN3O/c10-5-3-6-7(11-4-5)13-9(1-2-9)8(14)12-6/h3-4H,1-2H2,(H,11,13)(H,12,14). The van der Waals surface area contributed by atoms with Crippen molar-refractivity contribution in [3.8, 4) is 0 Å². The lowest BCUT2D eigenvalue weighted by Crippen LogP contribution is -2.41. The fourth-order valence-corrected chi connectivity index (χ4v) is 1.97. The zero-order valence-corrected chi connectivity index (χ0v) is 8.89. The van der Waals surface area contributed by atoms with Crippen LogP contribution in [0.5, 0.6) is 0 Å². The molecular formula is C9H8BrN3O. The van der Waals surface area contributed by atoms with E-state index in [9.17, 15) is 4.79 Å². The summed E-state index contributed by atoms with van der Waals surface area (Å²) in [5.74, 6) is 0.829. The Morgan fingerprint density at radius 1 is 1.50 bits per heavy atom. The van der Waals surface area contributed by atoms with Gasteiger partial charge in [-0.25, -0.2) is 4.98 Å². The molecule has 1 aromatic rings. The number of amides is 1. The second-order valence-electron chi connectivity index (χ2n) is 3.71. The Labute approximate surface area is 89.2 Å². The highest BCUT2D eigenvalue weighted by Crippen LogP contribution is 2.44. The molecule has 1 aliphatic heterocycles. The zero-order valence-electron chi connectivity index (χ0n) is 7.30. The highest BCUT2D eigenvalue weighted by atomic mass is 79.9. The topological polar surface area (TPSA) is 54.0 Å². The van der Waals surface area contributed by atoms with Crippen molar-refractivity contribution in [3.05, 3.63) is 16.7 Å². The van der Waals surface area contributed by atoms with E-state index in [2.05, 4.69) is 31.5 Å². The van der Waals surface area contributed by atoms with Gasteiger partial charge in [0.2, 0.25) is 5.91 Å². The van der Waals surface area contributed by atoms with Gasteiger partial charge in [-0.2, -0.15) is 0 Å².